The van der Waals surface area contributed by atoms with Crippen molar-refractivity contribution in [1.82, 2.24) is 10.2 Å². The van der Waals surface area contributed by atoms with Gasteiger partial charge in [-0.25, -0.2) is 0 Å². The molecule has 0 radical (unpaired) electrons. The van der Waals surface area contributed by atoms with Gasteiger partial charge in [-0.1, -0.05) is 0 Å². The molecule has 1 fully saturated rings. The normalized spacial score (nSPS) is 22.1. The van der Waals surface area contributed by atoms with Gasteiger partial charge in [0, 0.05) is 12.5 Å². The van der Waals surface area contributed by atoms with Crippen LogP contribution in [0.5, 0.6) is 0 Å². The number of hydrogen-bond donors (Lipinski definition) is 2. The number of nitrogens with one attached hydrogen (secondary N) is 1. The van der Waals surface area contributed by atoms with Crippen molar-refractivity contribution in [3.63, 3.8) is 0 Å². The molecule has 1 unspecified atom stereocenters. The van der Waals surface area contributed by atoms with Crippen LogP contribution in [-0.4, -0.2) is 45.9 Å². The number of piperazine rings is 1. The Hall–Kier alpha value is -1.43. The van der Waals surface area contributed by atoms with Gasteiger partial charge in [0.25, 0.3) is 0 Å². The van der Waals surface area contributed by atoms with E-state index in [2.05, 4.69) is 5.32 Å². The van der Waals surface area contributed by atoms with Crippen LogP contribution in [0, 0.1) is 0 Å². The minimum atomic E-state index is -0.873. The highest BCUT2D eigenvalue weighted by Crippen LogP contribution is 2.23. The van der Waals surface area contributed by atoms with Crippen LogP contribution in [0.15, 0.2) is 0 Å². The predicted molar refractivity (Wildman–Crippen MR) is 60.3 cm³/mol. The molecule has 6 heteroatoms. The highest BCUT2D eigenvalue weighted by Gasteiger charge is 2.42. The standard InChI is InChI=1S/C11H18N2O4/c1-7(4-5-9(15)16)13-6-8(14)12-10(17)11(13,2)3/h7H,4-6H2,1-3H3,(H,15,16)(H,12,14,17). The van der Waals surface area contributed by atoms with Crippen LogP contribution in [0.2, 0.25) is 0 Å². The fourth-order valence-electron chi connectivity index (χ4n) is 2.00. The Morgan fingerprint density at radius 2 is 2.12 bits per heavy atom. The van der Waals surface area contributed by atoms with Gasteiger partial charge in [-0.15, -0.1) is 0 Å². The number of imide groups is 1. The van der Waals surface area contributed by atoms with E-state index in [9.17, 15) is 14.4 Å². The summed E-state index contributed by atoms with van der Waals surface area (Å²) >= 11 is 0. The van der Waals surface area contributed by atoms with Crippen LogP contribution in [0.25, 0.3) is 0 Å². The van der Waals surface area contributed by atoms with Crippen LogP contribution in [0.4, 0.5) is 0 Å². The van der Waals surface area contributed by atoms with Crippen molar-refractivity contribution < 1.29 is 19.5 Å². The summed E-state index contributed by atoms with van der Waals surface area (Å²) in [6, 6.07) is -0.129. The van der Waals surface area contributed by atoms with E-state index in [-0.39, 0.29) is 30.8 Å². The molecule has 0 bridgehead atoms. The second-order valence-electron chi connectivity index (χ2n) is 4.85. The van der Waals surface area contributed by atoms with Crippen LogP contribution < -0.4 is 5.32 Å². The van der Waals surface area contributed by atoms with Crippen LogP contribution >= 0.6 is 0 Å². The smallest absolute Gasteiger partial charge is 0.303 e. The van der Waals surface area contributed by atoms with Crippen molar-refractivity contribution >= 4 is 17.8 Å². The molecule has 2 amide bonds. The maximum Gasteiger partial charge on any atom is 0.303 e. The topological polar surface area (TPSA) is 86.7 Å². The molecule has 1 rings (SSSR count). The van der Waals surface area contributed by atoms with Gasteiger partial charge in [-0.05, 0) is 27.2 Å². The molecule has 1 aliphatic heterocycles. The van der Waals surface area contributed by atoms with Gasteiger partial charge in [0.05, 0.1) is 12.1 Å². The Kier molecular flexibility index (Phi) is 3.87. The minimum absolute atomic E-state index is 0.0313. The summed E-state index contributed by atoms with van der Waals surface area (Å²) in [6.45, 7) is 5.41. The second-order valence-corrected chi connectivity index (χ2v) is 4.85. The molecule has 0 spiro atoms. The van der Waals surface area contributed by atoms with Gasteiger partial charge < -0.3 is 5.11 Å². The van der Waals surface area contributed by atoms with Gasteiger partial charge >= 0.3 is 5.97 Å². The molecule has 0 aromatic rings. The first-order valence-electron chi connectivity index (χ1n) is 5.58. The van der Waals surface area contributed by atoms with E-state index >= 15 is 0 Å². The third-order valence-corrected chi connectivity index (χ3v) is 3.15. The van der Waals surface area contributed by atoms with E-state index in [0.717, 1.165) is 0 Å². The zero-order chi connectivity index (χ0) is 13.2. The molecule has 1 heterocycles. The largest absolute Gasteiger partial charge is 0.481 e. The molecule has 2 N–H and O–H groups in total. The number of nitrogens with zero attached hydrogens (tertiary/aromatic N) is 1. The summed E-state index contributed by atoms with van der Waals surface area (Å²) in [6.07, 6.45) is 0.447. The maximum atomic E-state index is 11.7. The first kappa shape index (κ1) is 13.6. The minimum Gasteiger partial charge on any atom is -0.481 e. The fourth-order valence-corrected chi connectivity index (χ4v) is 2.00. The average Bonchev–Trinajstić information content (AvgIpc) is 2.20. The summed E-state index contributed by atoms with van der Waals surface area (Å²) in [4.78, 5) is 35.3. The lowest BCUT2D eigenvalue weighted by Gasteiger charge is -2.43. The molecule has 1 atom stereocenters. The van der Waals surface area contributed by atoms with Crippen molar-refractivity contribution in [2.45, 2.75) is 45.2 Å². The molecule has 0 saturated carbocycles. The number of carboxylic acid groups (broad SMARTS) is 1. The first-order valence-corrected chi connectivity index (χ1v) is 5.58. The second kappa shape index (κ2) is 4.83. The Labute approximate surface area is 100.0 Å². The Morgan fingerprint density at radius 3 is 2.65 bits per heavy atom. The highest BCUT2D eigenvalue weighted by molar-refractivity contribution is 6.02. The van der Waals surface area contributed by atoms with Crippen molar-refractivity contribution in [2.75, 3.05) is 6.54 Å². The Bertz CT molecular complexity index is 351. The summed E-state index contributed by atoms with van der Waals surface area (Å²) in [5.41, 5.74) is -0.786. The molecule has 96 valence electrons. The zero-order valence-electron chi connectivity index (χ0n) is 10.3. The van der Waals surface area contributed by atoms with E-state index in [1.54, 1.807) is 18.7 Å². The Balaban J connectivity index is 2.75. The van der Waals surface area contributed by atoms with Gasteiger partial charge in [0.2, 0.25) is 11.8 Å². The summed E-state index contributed by atoms with van der Waals surface area (Å²) in [7, 11) is 0. The summed E-state index contributed by atoms with van der Waals surface area (Å²) in [5, 5.41) is 10.9. The van der Waals surface area contributed by atoms with Crippen LogP contribution in [-0.2, 0) is 14.4 Å². The fraction of sp³-hybridized carbons (Fsp3) is 0.727. The van der Waals surface area contributed by atoms with Gasteiger partial charge in [0.1, 0.15) is 0 Å². The molecular weight excluding hydrogens is 224 g/mol. The lowest BCUT2D eigenvalue weighted by atomic mass is 9.95. The van der Waals surface area contributed by atoms with Crippen molar-refractivity contribution in [2.24, 2.45) is 0 Å². The molecule has 6 nitrogen and oxygen atoms in total. The number of aliphatic carboxylic acids is 1. The number of carbonyl (C=O) groups excluding carboxylic acids is 2. The summed E-state index contributed by atoms with van der Waals surface area (Å²) in [5.74, 6) is -1.55. The van der Waals surface area contributed by atoms with Crippen LogP contribution in [0.1, 0.15) is 33.6 Å². The third kappa shape index (κ3) is 3.03. The maximum absolute atomic E-state index is 11.7. The monoisotopic (exact) mass is 242 g/mol. The van der Waals surface area contributed by atoms with E-state index in [4.69, 9.17) is 5.11 Å². The third-order valence-electron chi connectivity index (χ3n) is 3.15. The van der Waals surface area contributed by atoms with Crippen molar-refractivity contribution in [1.29, 1.82) is 0 Å². The number of hydrogen-bond acceptors (Lipinski definition) is 4. The van der Waals surface area contributed by atoms with E-state index < -0.39 is 11.5 Å². The lowest BCUT2D eigenvalue weighted by Crippen LogP contribution is -2.66. The van der Waals surface area contributed by atoms with Crippen LogP contribution in [0.3, 0.4) is 0 Å². The molecule has 0 aromatic carbocycles. The molecular formula is C11H18N2O4. The molecule has 1 aliphatic rings. The number of carboxylic acids is 1. The highest BCUT2D eigenvalue weighted by atomic mass is 16.4. The van der Waals surface area contributed by atoms with Gasteiger partial charge in [-0.2, -0.15) is 0 Å². The van der Waals surface area contributed by atoms with Gasteiger partial charge in [0.15, 0.2) is 0 Å². The lowest BCUT2D eigenvalue weighted by molar-refractivity contribution is -0.147. The summed E-state index contributed by atoms with van der Waals surface area (Å²) < 4.78 is 0. The van der Waals surface area contributed by atoms with E-state index in [1.165, 1.54) is 0 Å². The first-order chi connectivity index (χ1) is 7.75. The number of amides is 2. The SMILES string of the molecule is CC(CCC(=O)O)N1CC(=O)NC(=O)C1(C)C. The predicted octanol–water partition coefficient (Wildman–Crippen LogP) is -0.0233. The van der Waals surface area contributed by atoms with E-state index in [0.29, 0.717) is 6.42 Å². The quantitative estimate of drug-likeness (QED) is 0.676. The zero-order valence-corrected chi connectivity index (χ0v) is 10.3. The van der Waals surface area contributed by atoms with E-state index in [1.807, 2.05) is 6.92 Å². The van der Waals surface area contributed by atoms with Crippen molar-refractivity contribution in [3.8, 4) is 0 Å². The number of rotatable bonds is 4. The Morgan fingerprint density at radius 1 is 1.53 bits per heavy atom. The van der Waals surface area contributed by atoms with Gasteiger partial charge in [-0.3, -0.25) is 24.6 Å². The van der Waals surface area contributed by atoms with Crippen molar-refractivity contribution in [3.05, 3.63) is 0 Å². The average molecular weight is 242 g/mol. The molecule has 0 aliphatic carbocycles. The molecule has 0 aromatic heterocycles. The number of carbonyl (C=O) groups is 3. The molecule has 17 heavy (non-hydrogen) atoms. The molecule has 1 saturated heterocycles.